The highest BCUT2D eigenvalue weighted by molar-refractivity contribution is 5.51. The lowest BCUT2D eigenvalue weighted by Gasteiger charge is -2.42. The van der Waals surface area contributed by atoms with E-state index < -0.39 is 0 Å². The molecule has 0 bridgehead atoms. The zero-order valence-corrected chi connectivity index (χ0v) is 12.0. The van der Waals surface area contributed by atoms with Gasteiger partial charge in [-0.3, -0.25) is 0 Å². The largest absolute Gasteiger partial charge is 0.491 e. The van der Waals surface area contributed by atoms with E-state index in [1.807, 2.05) is 26.0 Å². The van der Waals surface area contributed by atoms with Crippen LogP contribution in [0.25, 0.3) is 0 Å². The Hall–Kier alpha value is -1.26. The lowest BCUT2D eigenvalue weighted by molar-refractivity contribution is 0.235. The molecule has 19 heavy (non-hydrogen) atoms. The highest BCUT2D eigenvalue weighted by Crippen LogP contribution is 2.25. The van der Waals surface area contributed by atoms with Crippen molar-refractivity contribution in [3.63, 3.8) is 0 Å². The SMILES string of the molecule is CC(C)Oc1ccc(N2C(C)CNCC2CO)cc1. The Balaban J connectivity index is 2.15. The molecule has 0 radical (unpaired) electrons. The molecule has 0 aliphatic carbocycles. The standard InChI is InChI=1S/C15H24N2O2/c1-11(2)19-15-6-4-13(5-7-15)17-12(3)8-16-9-14(17)10-18/h4-7,11-12,14,16,18H,8-10H2,1-3H3. The Morgan fingerprint density at radius 1 is 1.32 bits per heavy atom. The molecule has 1 aliphatic rings. The number of nitrogens with one attached hydrogen (secondary N) is 1. The van der Waals surface area contributed by atoms with Gasteiger partial charge in [-0.2, -0.15) is 0 Å². The summed E-state index contributed by atoms with van der Waals surface area (Å²) in [5, 5.41) is 12.9. The van der Waals surface area contributed by atoms with Crippen LogP contribution in [0.2, 0.25) is 0 Å². The van der Waals surface area contributed by atoms with Gasteiger partial charge in [0.15, 0.2) is 0 Å². The Morgan fingerprint density at radius 2 is 2.00 bits per heavy atom. The second-order valence-corrected chi connectivity index (χ2v) is 5.41. The fraction of sp³-hybridized carbons (Fsp3) is 0.600. The molecule has 4 nitrogen and oxygen atoms in total. The number of hydrogen-bond acceptors (Lipinski definition) is 4. The minimum absolute atomic E-state index is 0.139. The fourth-order valence-corrected chi connectivity index (χ4v) is 2.60. The summed E-state index contributed by atoms with van der Waals surface area (Å²) in [5.41, 5.74) is 1.14. The molecule has 1 aromatic rings. The van der Waals surface area contributed by atoms with Gasteiger partial charge in [0.25, 0.3) is 0 Å². The van der Waals surface area contributed by atoms with Gasteiger partial charge >= 0.3 is 0 Å². The molecule has 0 amide bonds. The number of rotatable bonds is 4. The second kappa shape index (κ2) is 6.26. The summed E-state index contributed by atoms with van der Waals surface area (Å²) in [6, 6.07) is 8.66. The van der Waals surface area contributed by atoms with E-state index in [1.54, 1.807) is 0 Å². The number of aliphatic hydroxyl groups is 1. The maximum Gasteiger partial charge on any atom is 0.119 e. The van der Waals surface area contributed by atoms with Gasteiger partial charge in [-0.1, -0.05) is 0 Å². The molecule has 106 valence electrons. The topological polar surface area (TPSA) is 44.7 Å². The highest BCUT2D eigenvalue weighted by Gasteiger charge is 2.27. The summed E-state index contributed by atoms with van der Waals surface area (Å²) in [5.74, 6) is 0.891. The van der Waals surface area contributed by atoms with Gasteiger partial charge in [0.05, 0.1) is 18.8 Å². The first-order valence-corrected chi connectivity index (χ1v) is 6.98. The van der Waals surface area contributed by atoms with Gasteiger partial charge in [0.2, 0.25) is 0 Å². The number of anilines is 1. The predicted molar refractivity (Wildman–Crippen MR) is 77.9 cm³/mol. The van der Waals surface area contributed by atoms with Crippen molar-refractivity contribution in [2.24, 2.45) is 0 Å². The molecule has 1 aliphatic heterocycles. The normalized spacial score (nSPS) is 23.7. The van der Waals surface area contributed by atoms with E-state index >= 15 is 0 Å². The third-order valence-corrected chi connectivity index (χ3v) is 3.41. The van der Waals surface area contributed by atoms with E-state index in [4.69, 9.17) is 4.74 Å². The van der Waals surface area contributed by atoms with Gasteiger partial charge in [-0.25, -0.2) is 0 Å². The van der Waals surface area contributed by atoms with E-state index in [0.717, 1.165) is 24.5 Å². The maximum atomic E-state index is 9.51. The molecular weight excluding hydrogens is 240 g/mol. The smallest absolute Gasteiger partial charge is 0.119 e. The number of hydrogen-bond donors (Lipinski definition) is 2. The van der Waals surface area contributed by atoms with Gasteiger partial charge in [0, 0.05) is 24.8 Å². The van der Waals surface area contributed by atoms with Crippen molar-refractivity contribution in [2.75, 3.05) is 24.6 Å². The van der Waals surface area contributed by atoms with Crippen molar-refractivity contribution in [1.29, 1.82) is 0 Å². The van der Waals surface area contributed by atoms with E-state index in [2.05, 4.69) is 29.3 Å². The van der Waals surface area contributed by atoms with Gasteiger partial charge < -0.3 is 20.1 Å². The van der Waals surface area contributed by atoms with E-state index in [9.17, 15) is 5.11 Å². The van der Waals surface area contributed by atoms with Crippen molar-refractivity contribution in [1.82, 2.24) is 5.32 Å². The van der Waals surface area contributed by atoms with Crippen LogP contribution in [0.1, 0.15) is 20.8 Å². The van der Waals surface area contributed by atoms with Crippen molar-refractivity contribution in [2.45, 2.75) is 39.0 Å². The molecular formula is C15H24N2O2. The highest BCUT2D eigenvalue weighted by atomic mass is 16.5. The molecule has 1 fully saturated rings. The first-order chi connectivity index (χ1) is 9.11. The molecule has 2 unspecified atom stereocenters. The molecule has 1 aromatic carbocycles. The monoisotopic (exact) mass is 264 g/mol. The average molecular weight is 264 g/mol. The number of benzene rings is 1. The van der Waals surface area contributed by atoms with E-state index in [1.165, 1.54) is 0 Å². The summed E-state index contributed by atoms with van der Waals surface area (Å²) in [7, 11) is 0. The lowest BCUT2D eigenvalue weighted by atomic mass is 10.1. The zero-order valence-electron chi connectivity index (χ0n) is 12.0. The molecule has 0 saturated carbocycles. The van der Waals surface area contributed by atoms with Gasteiger partial charge in [-0.05, 0) is 45.0 Å². The second-order valence-electron chi connectivity index (χ2n) is 5.41. The molecule has 2 rings (SSSR count). The predicted octanol–water partition coefficient (Wildman–Crippen LogP) is 1.63. The number of aliphatic hydroxyl groups excluding tert-OH is 1. The first kappa shape index (κ1) is 14.2. The first-order valence-electron chi connectivity index (χ1n) is 6.98. The fourth-order valence-electron chi connectivity index (χ4n) is 2.60. The van der Waals surface area contributed by atoms with Crippen LogP contribution in [-0.2, 0) is 0 Å². The summed E-state index contributed by atoms with van der Waals surface area (Å²) >= 11 is 0. The Labute approximate surface area is 115 Å². The quantitative estimate of drug-likeness (QED) is 0.867. The van der Waals surface area contributed by atoms with Crippen LogP contribution in [0.3, 0.4) is 0 Å². The molecule has 1 heterocycles. The van der Waals surface area contributed by atoms with Gasteiger partial charge in [0.1, 0.15) is 5.75 Å². The van der Waals surface area contributed by atoms with E-state index in [-0.39, 0.29) is 18.8 Å². The van der Waals surface area contributed by atoms with Crippen molar-refractivity contribution in [3.8, 4) is 5.75 Å². The lowest BCUT2D eigenvalue weighted by Crippen LogP contribution is -2.57. The van der Waals surface area contributed by atoms with Crippen LogP contribution in [-0.4, -0.2) is 43.0 Å². The third kappa shape index (κ3) is 3.39. The molecule has 1 saturated heterocycles. The summed E-state index contributed by atoms with van der Waals surface area (Å²) < 4.78 is 5.66. The Morgan fingerprint density at radius 3 is 2.58 bits per heavy atom. The third-order valence-electron chi connectivity index (χ3n) is 3.41. The molecule has 0 aromatic heterocycles. The minimum atomic E-state index is 0.139. The maximum absolute atomic E-state index is 9.51. The number of nitrogens with zero attached hydrogens (tertiary/aromatic N) is 1. The number of ether oxygens (including phenoxy) is 1. The van der Waals surface area contributed by atoms with Crippen LogP contribution in [0, 0.1) is 0 Å². The Kier molecular flexibility index (Phi) is 4.66. The van der Waals surface area contributed by atoms with Crippen LogP contribution in [0.4, 0.5) is 5.69 Å². The van der Waals surface area contributed by atoms with Crippen LogP contribution in [0.15, 0.2) is 24.3 Å². The average Bonchev–Trinajstić information content (AvgIpc) is 2.39. The van der Waals surface area contributed by atoms with Crippen LogP contribution in [0.5, 0.6) is 5.75 Å². The van der Waals surface area contributed by atoms with Crippen LogP contribution < -0.4 is 15.0 Å². The van der Waals surface area contributed by atoms with E-state index in [0.29, 0.717) is 6.04 Å². The van der Waals surface area contributed by atoms with Crippen molar-refractivity contribution < 1.29 is 9.84 Å². The number of piperazine rings is 1. The Bertz CT molecular complexity index is 392. The van der Waals surface area contributed by atoms with Crippen molar-refractivity contribution in [3.05, 3.63) is 24.3 Å². The molecule has 0 spiro atoms. The van der Waals surface area contributed by atoms with Crippen LogP contribution >= 0.6 is 0 Å². The van der Waals surface area contributed by atoms with Crippen molar-refractivity contribution >= 4 is 5.69 Å². The molecule has 2 N–H and O–H groups in total. The molecule has 2 atom stereocenters. The molecule has 4 heteroatoms. The van der Waals surface area contributed by atoms with Gasteiger partial charge in [-0.15, -0.1) is 0 Å². The minimum Gasteiger partial charge on any atom is -0.491 e. The summed E-state index contributed by atoms with van der Waals surface area (Å²) in [4.78, 5) is 2.29. The summed E-state index contributed by atoms with van der Waals surface area (Å²) in [6.07, 6.45) is 0.189. The zero-order chi connectivity index (χ0) is 13.8. The summed E-state index contributed by atoms with van der Waals surface area (Å²) in [6.45, 7) is 8.16.